The number of aromatic nitrogens is 2. The molecule has 31 heavy (non-hydrogen) atoms. The number of nitrogens with one attached hydrogen (secondary N) is 1. The number of nitrogens with zero attached hydrogens (tertiary/aromatic N) is 2. The summed E-state index contributed by atoms with van der Waals surface area (Å²) in [5, 5.41) is 4.54. The fourth-order valence-corrected chi connectivity index (χ4v) is 4.28. The molecule has 0 aliphatic rings. The second-order valence-electron chi connectivity index (χ2n) is 6.97. The van der Waals surface area contributed by atoms with Crippen LogP contribution in [0.5, 0.6) is 5.75 Å². The van der Waals surface area contributed by atoms with Crippen LogP contribution in [0.2, 0.25) is 0 Å². The van der Waals surface area contributed by atoms with Gasteiger partial charge in [-0.2, -0.15) is 0 Å². The summed E-state index contributed by atoms with van der Waals surface area (Å²) in [5.41, 5.74) is 1.36. The van der Waals surface area contributed by atoms with Crippen molar-refractivity contribution in [3.8, 4) is 5.75 Å². The number of carbonyl (C=O) groups excluding carboxylic acids is 1. The molecule has 0 fully saturated rings. The van der Waals surface area contributed by atoms with E-state index in [0.717, 1.165) is 15.7 Å². The molecular weight excluding hydrogens is 414 g/mol. The van der Waals surface area contributed by atoms with Crippen LogP contribution in [-0.2, 0) is 24.4 Å². The largest absolute Gasteiger partial charge is 0.496 e. The standard InChI is InChI=1S/C23H21N3O4S/c1-30-19-10-6-5-9-17(19)13-24-20(27)15-26-22(28)21-18(11-12-31-21)25(23(26)29)14-16-7-3-2-4-8-16/h2-12H,13-15H2,1H3,(H,24,27). The summed E-state index contributed by atoms with van der Waals surface area (Å²) in [6.07, 6.45) is 0. The summed E-state index contributed by atoms with van der Waals surface area (Å²) in [6.45, 7) is 0.197. The molecule has 1 N–H and O–H groups in total. The fourth-order valence-electron chi connectivity index (χ4n) is 3.43. The van der Waals surface area contributed by atoms with E-state index in [-0.39, 0.29) is 13.1 Å². The van der Waals surface area contributed by atoms with Crippen molar-refractivity contribution in [2.45, 2.75) is 19.6 Å². The van der Waals surface area contributed by atoms with Gasteiger partial charge >= 0.3 is 5.69 Å². The summed E-state index contributed by atoms with van der Waals surface area (Å²) < 4.78 is 8.28. The quantitative estimate of drug-likeness (QED) is 0.484. The minimum absolute atomic E-state index is 0.233. The van der Waals surface area contributed by atoms with Gasteiger partial charge in [-0.1, -0.05) is 48.5 Å². The van der Waals surface area contributed by atoms with Crippen LogP contribution in [0.15, 0.2) is 75.6 Å². The fraction of sp³-hybridized carbons (Fsp3) is 0.174. The molecule has 1 amide bonds. The maximum atomic E-state index is 13.1. The molecule has 0 saturated heterocycles. The van der Waals surface area contributed by atoms with Gasteiger partial charge in [-0.3, -0.25) is 14.2 Å². The lowest BCUT2D eigenvalue weighted by Gasteiger charge is -2.13. The van der Waals surface area contributed by atoms with Crippen molar-refractivity contribution in [3.63, 3.8) is 0 Å². The lowest BCUT2D eigenvalue weighted by Crippen LogP contribution is -2.43. The van der Waals surface area contributed by atoms with Crippen molar-refractivity contribution >= 4 is 27.5 Å². The molecule has 2 aromatic heterocycles. The third kappa shape index (κ3) is 4.29. The summed E-state index contributed by atoms with van der Waals surface area (Å²) >= 11 is 1.26. The van der Waals surface area contributed by atoms with Crippen molar-refractivity contribution < 1.29 is 9.53 Å². The lowest BCUT2D eigenvalue weighted by molar-refractivity contribution is -0.121. The highest BCUT2D eigenvalue weighted by Crippen LogP contribution is 2.17. The maximum Gasteiger partial charge on any atom is 0.332 e. The van der Waals surface area contributed by atoms with E-state index in [4.69, 9.17) is 4.74 Å². The first kappa shape index (κ1) is 20.6. The molecule has 4 rings (SSSR count). The van der Waals surface area contributed by atoms with Gasteiger partial charge in [0, 0.05) is 12.1 Å². The van der Waals surface area contributed by atoms with Crippen molar-refractivity contribution in [3.05, 3.63) is 98.0 Å². The maximum absolute atomic E-state index is 13.1. The zero-order valence-electron chi connectivity index (χ0n) is 16.9. The van der Waals surface area contributed by atoms with Gasteiger partial charge in [0.2, 0.25) is 5.91 Å². The Balaban J connectivity index is 1.62. The second-order valence-corrected chi connectivity index (χ2v) is 7.89. The molecule has 0 unspecified atom stereocenters. The van der Waals surface area contributed by atoms with Gasteiger partial charge in [-0.05, 0) is 23.1 Å². The van der Waals surface area contributed by atoms with Gasteiger partial charge in [0.15, 0.2) is 0 Å². The molecule has 0 bridgehead atoms. The topological polar surface area (TPSA) is 82.3 Å². The highest BCUT2D eigenvalue weighted by molar-refractivity contribution is 7.17. The van der Waals surface area contributed by atoms with E-state index in [9.17, 15) is 14.4 Å². The van der Waals surface area contributed by atoms with E-state index in [1.54, 1.807) is 24.6 Å². The molecule has 0 saturated carbocycles. The summed E-state index contributed by atoms with van der Waals surface area (Å²) in [4.78, 5) is 38.6. The van der Waals surface area contributed by atoms with Crippen molar-refractivity contribution in [1.82, 2.24) is 14.5 Å². The average Bonchev–Trinajstić information content (AvgIpc) is 3.29. The van der Waals surface area contributed by atoms with E-state index >= 15 is 0 Å². The number of para-hydroxylation sites is 1. The highest BCUT2D eigenvalue weighted by Gasteiger charge is 2.17. The average molecular weight is 436 g/mol. The van der Waals surface area contributed by atoms with E-state index < -0.39 is 17.2 Å². The Bertz CT molecular complexity index is 1340. The number of rotatable bonds is 7. The van der Waals surface area contributed by atoms with Gasteiger partial charge < -0.3 is 10.1 Å². The van der Waals surface area contributed by atoms with Crippen molar-refractivity contribution in [2.75, 3.05) is 7.11 Å². The van der Waals surface area contributed by atoms with Crippen LogP contribution in [-0.4, -0.2) is 22.2 Å². The van der Waals surface area contributed by atoms with Gasteiger partial charge in [-0.15, -0.1) is 11.3 Å². The second kappa shape index (κ2) is 9.01. The number of ether oxygens (including phenoxy) is 1. The van der Waals surface area contributed by atoms with Gasteiger partial charge in [-0.25, -0.2) is 9.36 Å². The third-order valence-corrected chi connectivity index (χ3v) is 5.88. The minimum atomic E-state index is -0.507. The summed E-state index contributed by atoms with van der Waals surface area (Å²) in [6, 6.07) is 18.6. The third-order valence-electron chi connectivity index (χ3n) is 4.99. The highest BCUT2D eigenvalue weighted by atomic mass is 32.1. The van der Waals surface area contributed by atoms with Crippen LogP contribution >= 0.6 is 11.3 Å². The van der Waals surface area contributed by atoms with Crippen LogP contribution < -0.4 is 21.3 Å². The van der Waals surface area contributed by atoms with E-state index in [1.807, 2.05) is 48.5 Å². The monoisotopic (exact) mass is 435 g/mol. The van der Waals surface area contributed by atoms with E-state index in [1.165, 1.54) is 15.9 Å². The molecule has 158 valence electrons. The SMILES string of the molecule is COc1ccccc1CNC(=O)Cn1c(=O)c2sccc2n(Cc2ccccc2)c1=O. The molecule has 0 aliphatic heterocycles. The lowest BCUT2D eigenvalue weighted by atomic mass is 10.2. The summed E-state index contributed by atoms with van der Waals surface area (Å²) in [5.74, 6) is 0.234. The van der Waals surface area contributed by atoms with E-state index in [0.29, 0.717) is 22.5 Å². The van der Waals surface area contributed by atoms with Crippen LogP contribution in [0, 0.1) is 0 Å². The van der Waals surface area contributed by atoms with Gasteiger partial charge in [0.25, 0.3) is 5.56 Å². The van der Waals surface area contributed by atoms with Crippen molar-refractivity contribution in [2.24, 2.45) is 0 Å². The summed E-state index contributed by atoms with van der Waals surface area (Å²) in [7, 11) is 1.56. The zero-order chi connectivity index (χ0) is 21.8. The van der Waals surface area contributed by atoms with Gasteiger partial charge in [0.05, 0.1) is 19.2 Å². The molecule has 8 heteroatoms. The Morgan fingerprint density at radius 1 is 1.00 bits per heavy atom. The molecule has 4 aromatic rings. The molecule has 2 heterocycles. The molecule has 0 atom stereocenters. The molecule has 0 radical (unpaired) electrons. The van der Waals surface area contributed by atoms with Crippen LogP contribution in [0.3, 0.4) is 0 Å². The number of benzene rings is 2. The molecule has 0 spiro atoms. The first-order chi connectivity index (χ1) is 15.1. The minimum Gasteiger partial charge on any atom is -0.496 e. The number of thiophene rings is 1. The number of fused-ring (bicyclic) bond motifs is 1. The van der Waals surface area contributed by atoms with Crippen LogP contribution in [0.25, 0.3) is 10.2 Å². The number of hydrogen-bond donors (Lipinski definition) is 1. The van der Waals surface area contributed by atoms with E-state index in [2.05, 4.69) is 5.32 Å². The Kier molecular flexibility index (Phi) is 5.99. The number of methoxy groups -OCH3 is 1. The Hall–Kier alpha value is -3.65. The van der Waals surface area contributed by atoms with Gasteiger partial charge in [0.1, 0.15) is 17.0 Å². The van der Waals surface area contributed by atoms with Crippen molar-refractivity contribution in [1.29, 1.82) is 0 Å². The van der Waals surface area contributed by atoms with Crippen LogP contribution in [0.1, 0.15) is 11.1 Å². The number of amides is 1. The number of hydrogen-bond acceptors (Lipinski definition) is 5. The predicted molar refractivity (Wildman–Crippen MR) is 121 cm³/mol. The Morgan fingerprint density at radius 2 is 1.74 bits per heavy atom. The van der Waals surface area contributed by atoms with Crippen LogP contribution in [0.4, 0.5) is 0 Å². The first-order valence-electron chi connectivity index (χ1n) is 9.72. The molecule has 2 aromatic carbocycles. The smallest absolute Gasteiger partial charge is 0.332 e. The Labute approximate surface area is 182 Å². The number of carbonyl (C=O) groups is 1. The molecule has 0 aliphatic carbocycles. The Morgan fingerprint density at radius 3 is 2.52 bits per heavy atom. The molecule has 7 nitrogen and oxygen atoms in total. The normalized spacial score (nSPS) is 10.9. The predicted octanol–water partition coefficient (Wildman–Crippen LogP) is 2.60. The first-order valence-corrected chi connectivity index (χ1v) is 10.6. The molecular formula is C23H21N3O4S. The zero-order valence-corrected chi connectivity index (χ0v) is 17.7.